The van der Waals surface area contributed by atoms with Gasteiger partial charge in [0.1, 0.15) is 0 Å². The number of thiol groups is 1. The Morgan fingerprint density at radius 1 is 0.921 bits per heavy atom. The second-order valence-electron chi connectivity index (χ2n) is 9.86. The Balaban J connectivity index is 1.55. The van der Waals surface area contributed by atoms with Crippen LogP contribution in [-0.2, 0) is 0 Å². The van der Waals surface area contributed by atoms with Crippen LogP contribution >= 0.6 is 12.6 Å². The van der Waals surface area contributed by atoms with Crippen molar-refractivity contribution < 1.29 is 0 Å². The summed E-state index contributed by atoms with van der Waals surface area (Å²) < 4.78 is 0. The highest BCUT2D eigenvalue weighted by atomic mass is 32.1. The minimum Gasteiger partial charge on any atom is -0.385 e. The highest BCUT2D eigenvalue weighted by molar-refractivity contribution is 7.80. The van der Waals surface area contributed by atoms with Crippen LogP contribution in [0.4, 0.5) is 0 Å². The van der Waals surface area contributed by atoms with E-state index in [2.05, 4.69) is 141 Å². The molecule has 0 amide bonds. The average molecular weight is 518 g/mol. The predicted molar refractivity (Wildman–Crippen MR) is 169 cm³/mol. The standard InChI is InChI=1S/C36H39NS/c1-3-5-6-10-21-33(26-29(15-4-2)28-16-8-7-9-17-28)37-34-22-14-19-31(27-34)30-18-13-20-32(25-30)35-23-11-12-24-36(35)38/h3-13,16-20,23-25,27,29,33,37-38H,2,14-15,21-22,26H2,1H3/b5-3-,10-6-. The van der Waals surface area contributed by atoms with Crippen LogP contribution in [0.25, 0.3) is 16.7 Å². The van der Waals surface area contributed by atoms with Gasteiger partial charge in [0.05, 0.1) is 0 Å². The maximum Gasteiger partial charge on any atom is 0.0298 e. The molecule has 2 atom stereocenters. The normalized spacial score (nSPS) is 15.2. The van der Waals surface area contributed by atoms with Crippen LogP contribution in [0.1, 0.15) is 56.1 Å². The van der Waals surface area contributed by atoms with Gasteiger partial charge in [0.15, 0.2) is 0 Å². The molecule has 1 aliphatic rings. The molecule has 0 aromatic heterocycles. The summed E-state index contributed by atoms with van der Waals surface area (Å²) in [6.45, 7) is 6.10. The largest absolute Gasteiger partial charge is 0.385 e. The Labute approximate surface area is 234 Å². The zero-order valence-electron chi connectivity index (χ0n) is 22.4. The van der Waals surface area contributed by atoms with Crippen LogP contribution in [0.5, 0.6) is 0 Å². The molecule has 0 radical (unpaired) electrons. The average Bonchev–Trinajstić information content (AvgIpc) is 2.96. The summed E-state index contributed by atoms with van der Waals surface area (Å²) in [7, 11) is 0. The van der Waals surface area contributed by atoms with E-state index >= 15 is 0 Å². The molecule has 38 heavy (non-hydrogen) atoms. The van der Waals surface area contributed by atoms with Crippen molar-refractivity contribution >= 4 is 18.2 Å². The fourth-order valence-corrected chi connectivity index (χ4v) is 5.44. The first-order valence-corrected chi connectivity index (χ1v) is 14.1. The fraction of sp³-hybridized carbons (Fsp3) is 0.222. The summed E-state index contributed by atoms with van der Waals surface area (Å²) in [5.41, 5.74) is 7.60. The van der Waals surface area contributed by atoms with Crippen molar-refractivity contribution in [2.24, 2.45) is 0 Å². The summed E-state index contributed by atoms with van der Waals surface area (Å²) in [4.78, 5) is 1.00. The quantitative estimate of drug-likeness (QED) is 0.138. The van der Waals surface area contributed by atoms with E-state index in [1.54, 1.807) is 0 Å². The van der Waals surface area contributed by atoms with Crippen molar-refractivity contribution in [3.05, 3.63) is 145 Å². The Kier molecular flexibility index (Phi) is 10.5. The summed E-state index contributed by atoms with van der Waals surface area (Å²) in [6.07, 6.45) is 20.5. The lowest BCUT2D eigenvalue weighted by Crippen LogP contribution is -2.30. The molecule has 0 bridgehead atoms. The van der Waals surface area contributed by atoms with Crippen LogP contribution < -0.4 is 5.32 Å². The third kappa shape index (κ3) is 7.76. The summed E-state index contributed by atoms with van der Waals surface area (Å²) >= 11 is 4.68. The monoisotopic (exact) mass is 517 g/mol. The first kappa shape index (κ1) is 27.5. The van der Waals surface area contributed by atoms with Gasteiger partial charge in [-0.2, -0.15) is 0 Å². The van der Waals surface area contributed by atoms with E-state index in [1.165, 1.54) is 33.5 Å². The van der Waals surface area contributed by atoms with Gasteiger partial charge in [0.2, 0.25) is 0 Å². The molecule has 0 aliphatic heterocycles. The van der Waals surface area contributed by atoms with Crippen molar-refractivity contribution in [1.82, 2.24) is 5.32 Å². The predicted octanol–water partition coefficient (Wildman–Crippen LogP) is 9.93. The number of nitrogens with one attached hydrogen (secondary N) is 1. The van der Waals surface area contributed by atoms with Crippen molar-refractivity contribution in [3.63, 3.8) is 0 Å². The lowest BCUT2D eigenvalue weighted by Gasteiger charge is -2.27. The molecule has 0 heterocycles. The summed E-state index contributed by atoms with van der Waals surface area (Å²) in [5, 5.41) is 3.95. The number of benzene rings is 3. The van der Waals surface area contributed by atoms with E-state index in [0.717, 1.165) is 37.0 Å². The SMILES string of the molecule is C=CCC(CC(C/C=C\C=C/C)NC1=CC(c2cccc(-c3ccccc3S)c2)=CCC1)c1ccccc1. The topological polar surface area (TPSA) is 12.0 Å². The van der Waals surface area contributed by atoms with Gasteiger partial charge < -0.3 is 5.32 Å². The zero-order valence-corrected chi connectivity index (χ0v) is 23.3. The van der Waals surface area contributed by atoms with Crippen molar-refractivity contribution in [1.29, 1.82) is 0 Å². The Bertz CT molecular complexity index is 1310. The molecular formula is C36H39NS. The van der Waals surface area contributed by atoms with Gasteiger partial charge in [-0.3, -0.25) is 0 Å². The summed E-state index contributed by atoms with van der Waals surface area (Å²) in [5.74, 6) is 0.443. The van der Waals surface area contributed by atoms with E-state index in [1.807, 2.05) is 12.1 Å². The first-order valence-electron chi connectivity index (χ1n) is 13.7. The Morgan fingerprint density at radius 3 is 2.50 bits per heavy atom. The maximum absolute atomic E-state index is 4.68. The van der Waals surface area contributed by atoms with Crippen LogP contribution in [-0.4, -0.2) is 6.04 Å². The number of rotatable bonds is 12. The lowest BCUT2D eigenvalue weighted by molar-refractivity contribution is 0.467. The number of hydrogen-bond acceptors (Lipinski definition) is 2. The van der Waals surface area contributed by atoms with Gasteiger partial charge in [0, 0.05) is 16.6 Å². The highest BCUT2D eigenvalue weighted by Gasteiger charge is 2.18. The van der Waals surface area contributed by atoms with Crippen LogP contribution in [0.15, 0.2) is 139 Å². The molecule has 1 aliphatic carbocycles. The number of allylic oxidation sites excluding steroid dienone is 8. The van der Waals surface area contributed by atoms with Crippen molar-refractivity contribution in [2.45, 2.75) is 55.9 Å². The van der Waals surface area contributed by atoms with Gasteiger partial charge in [-0.1, -0.05) is 103 Å². The van der Waals surface area contributed by atoms with E-state index in [4.69, 9.17) is 0 Å². The van der Waals surface area contributed by atoms with Gasteiger partial charge in [-0.15, -0.1) is 19.2 Å². The lowest BCUT2D eigenvalue weighted by atomic mass is 9.87. The van der Waals surface area contributed by atoms with Gasteiger partial charge in [-0.25, -0.2) is 0 Å². The summed E-state index contributed by atoms with van der Waals surface area (Å²) in [6, 6.07) is 28.3. The maximum atomic E-state index is 4.68. The molecule has 3 aromatic rings. The van der Waals surface area contributed by atoms with Crippen molar-refractivity contribution in [3.8, 4) is 11.1 Å². The second kappa shape index (κ2) is 14.4. The number of hydrogen-bond donors (Lipinski definition) is 2. The van der Waals surface area contributed by atoms with Crippen molar-refractivity contribution in [2.75, 3.05) is 0 Å². The Hall–Kier alpha value is -3.49. The molecule has 2 unspecified atom stereocenters. The Morgan fingerprint density at radius 2 is 1.71 bits per heavy atom. The molecule has 0 spiro atoms. The third-order valence-electron chi connectivity index (χ3n) is 7.06. The third-order valence-corrected chi connectivity index (χ3v) is 7.45. The minimum absolute atomic E-state index is 0.342. The van der Waals surface area contributed by atoms with Gasteiger partial charge >= 0.3 is 0 Å². The molecule has 2 heteroatoms. The van der Waals surface area contributed by atoms with E-state index < -0.39 is 0 Å². The second-order valence-corrected chi connectivity index (χ2v) is 10.3. The zero-order chi connectivity index (χ0) is 26.6. The molecule has 1 N–H and O–H groups in total. The molecule has 0 saturated heterocycles. The fourth-order valence-electron chi connectivity index (χ4n) is 5.15. The molecule has 4 rings (SSSR count). The van der Waals surface area contributed by atoms with Gasteiger partial charge in [0.25, 0.3) is 0 Å². The van der Waals surface area contributed by atoms with Crippen LogP contribution in [0.3, 0.4) is 0 Å². The van der Waals surface area contributed by atoms with E-state index in [9.17, 15) is 0 Å². The molecule has 194 valence electrons. The smallest absolute Gasteiger partial charge is 0.0298 e. The van der Waals surface area contributed by atoms with E-state index in [-0.39, 0.29) is 0 Å². The molecule has 1 nitrogen and oxygen atoms in total. The molecule has 3 aromatic carbocycles. The molecular weight excluding hydrogens is 478 g/mol. The molecule has 0 fully saturated rings. The van der Waals surface area contributed by atoms with E-state index in [0.29, 0.717) is 12.0 Å². The van der Waals surface area contributed by atoms with Crippen LogP contribution in [0.2, 0.25) is 0 Å². The highest BCUT2D eigenvalue weighted by Crippen LogP contribution is 2.32. The molecule has 0 saturated carbocycles. The first-order chi connectivity index (χ1) is 18.7. The van der Waals surface area contributed by atoms with Gasteiger partial charge in [-0.05, 0) is 91.0 Å². The van der Waals surface area contributed by atoms with Crippen LogP contribution in [0, 0.1) is 0 Å². The minimum atomic E-state index is 0.342.